The highest BCUT2D eigenvalue weighted by Crippen LogP contribution is 2.21. The Morgan fingerprint density at radius 2 is 2.04 bits per heavy atom. The van der Waals surface area contributed by atoms with E-state index in [1.807, 2.05) is 4.90 Å². The van der Waals surface area contributed by atoms with Crippen LogP contribution in [0.2, 0.25) is 0 Å². The van der Waals surface area contributed by atoms with E-state index in [0.717, 1.165) is 38.2 Å². The first-order valence-corrected chi connectivity index (χ1v) is 9.27. The number of pyridine rings is 1. The van der Waals surface area contributed by atoms with Crippen LogP contribution in [0, 0.1) is 11.3 Å². The normalized spacial score (nSPS) is 19.3. The van der Waals surface area contributed by atoms with Crippen molar-refractivity contribution in [2.45, 2.75) is 44.6 Å². The van der Waals surface area contributed by atoms with Gasteiger partial charge in [0.05, 0.1) is 11.7 Å². The van der Waals surface area contributed by atoms with Gasteiger partial charge in [-0.25, -0.2) is 4.98 Å². The van der Waals surface area contributed by atoms with Crippen LogP contribution >= 0.6 is 0 Å². The van der Waals surface area contributed by atoms with Crippen molar-refractivity contribution in [2.75, 3.05) is 37.7 Å². The maximum absolute atomic E-state index is 12.5. The lowest BCUT2D eigenvalue weighted by molar-refractivity contribution is -0.138. The summed E-state index contributed by atoms with van der Waals surface area (Å²) < 4.78 is 5.83. The monoisotopic (exact) mass is 342 g/mol. The van der Waals surface area contributed by atoms with Gasteiger partial charge in [-0.1, -0.05) is 19.3 Å². The lowest BCUT2D eigenvalue weighted by Gasteiger charge is -2.25. The van der Waals surface area contributed by atoms with Gasteiger partial charge in [-0.15, -0.1) is 0 Å². The summed E-state index contributed by atoms with van der Waals surface area (Å²) in [7, 11) is 0. The Bertz CT molecular complexity index is 622. The summed E-state index contributed by atoms with van der Waals surface area (Å²) >= 11 is 0. The largest absolute Gasteiger partial charge is 0.368 e. The van der Waals surface area contributed by atoms with Gasteiger partial charge in [-0.2, -0.15) is 5.26 Å². The zero-order chi connectivity index (χ0) is 17.5. The number of hydrogen-bond donors (Lipinski definition) is 0. The molecule has 0 unspecified atom stereocenters. The van der Waals surface area contributed by atoms with Gasteiger partial charge in [0.15, 0.2) is 0 Å². The minimum Gasteiger partial charge on any atom is -0.368 e. The van der Waals surface area contributed by atoms with Gasteiger partial charge in [-0.3, -0.25) is 4.79 Å². The number of carbonyl (C=O) groups excluding carboxylic acids is 1. The molecule has 1 aromatic rings. The molecule has 2 fully saturated rings. The Morgan fingerprint density at radius 1 is 1.20 bits per heavy atom. The van der Waals surface area contributed by atoms with E-state index in [0.29, 0.717) is 18.7 Å². The fraction of sp³-hybridized carbons (Fsp3) is 0.632. The number of nitriles is 1. The van der Waals surface area contributed by atoms with E-state index in [-0.39, 0.29) is 18.6 Å². The Morgan fingerprint density at radius 3 is 2.84 bits per heavy atom. The van der Waals surface area contributed by atoms with Crippen LogP contribution in [0.4, 0.5) is 5.82 Å². The fourth-order valence-electron chi connectivity index (χ4n) is 3.63. The molecule has 25 heavy (non-hydrogen) atoms. The summed E-state index contributed by atoms with van der Waals surface area (Å²) in [6.45, 7) is 3.07. The van der Waals surface area contributed by atoms with Crippen LogP contribution in [-0.4, -0.2) is 54.7 Å². The molecule has 6 nitrogen and oxygen atoms in total. The molecule has 2 aliphatic rings. The molecule has 1 saturated carbocycles. The van der Waals surface area contributed by atoms with Gasteiger partial charge in [-0.05, 0) is 31.4 Å². The van der Waals surface area contributed by atoms with Crippen molar-refractivity contribution in [3.63, 3.8) is 0 Å². The molecule has 1 aromatic heterocycles. The average Bonchev–Trinajstić information content (AvgIpc) is 2.93. The first kappa shape index (κ1) is 17.7. The first-order chi connectivity index (χ1) is 12.3. The standard InChI is InChI=1S/C19H26N4O2/c20-14-16-6-4-9-21-19(16)23-11-5-10-22(12-13-23)18(24)15-25-17-7-2-1-3-8-17/h4,6,9,17H,1-3,5,7-8,10-13,15H2. The Balaban J connectivity index is 1.52. The minimum atomic E-state index is 0.0777. The third kappa shape index (κ3) is 4.70. The molecular weight excluding hydrogens is 316 g/mol. The number of anilines is 1. The van der Waals surface area contributed by atoms with Crippen LogP contribution in [0.3, 0.4) is 0 Å². The van der Waals surface area contributed by atoms with E-state index < -0.39 is 0 Å². The van der Waals surface area contributed by atoms with Crippen molar-refractivity contribution in [2.24, 2.45) is 0 Å². The fourth-order valence-corrected chi connectivity index (χ4v) is 3.63. The molecular formula is C19H26N4O2. The number of rotatable bonds is 4. The van der Waals surface area contributed by atoms with E-state index in [9.17, 15) is 10.1 Å². The molecule has 1 amide bonds. The molecule has 6 heteroatoms. The smallest absolute Gasteiger partial charge is 0.248 e. The molecule has 3 rings (SSSR count). The van der Waals surface area contributed by atoms with Gasteiger partial charge < -0.3 is 14.5 Å². The summed E-state index contributed by atoms with van der Waals surface area (Å²) in [5, 5.41) is 9.26. The average molecular weight is 342 g/mol. The Labute approximate surface area is 149 Å². The lowest BCUT2D eigenvalue weighted by Crippen LogP contribution is -2.38. The van der Waals surface area contributed by atoms with Crippen molar-refractivity contribution in [3.8, 4) is 6.07 Å². The van der Waals surface area contributed by atoms with Crippen molar-refractivity contribution in [1.82, 2.24) is 9.88 Å². The maximum Gasteiger partial charge on any atom is 0.248 e. The number of aromatic nitrogens is 1. The summed E-state index contributed by atoms with van der Waals surface area (Å²) in [4.78, 5) is 20.8. The summed E-state index contributed by atoms with van der Waals surface area (Å²) in [5.74, 6) is 0.798. The molecule has 1 aliphatic carbocycles. The number of ether oxygens (including phenoxy) is 1. The van der Waals surface area contributed by atoms with Crippen LogP contribution in [-0.2, 0) is 9.53 Å². The van der Waals surface area contributed by atoms with E-state index >= 15 is 0 Å². The number of nitrogens with zero attached hydrogens (tertiary/aromatic N) is 4. The molecule has 1 aliphatic heterocycles. The first-order valence-electron chi connectivity index (χ1n) is 9.27. The highest BCUT2D eigenvalue weighted by Gasteiger charge is 2.22. The van der Waals surface area contributed by atoms with Crippen molar-refractivity contribution >= 4 is 11.7 Å². The molecule has 0 N–H and O–H groups in total. The number of carbonyl (C=O) groups is 1. The van der Waals surface area contributed by atoms with Crippen LogP contribution in [0.5, 0.6) is 0 Å². The molecule has 0 spiro atoms. The van der Waals surface area contributed by atoms with Gasteiger partial charge >= 0.3 is 0 Å². The second-order valence-electron chi connectivity index (χ2n) is 6.78. The predicted octanol–water partition coefficient (Wildman–Crippen LogP) is 2.34. The summed E-state index contributed by atoms with van der Waals surface area (Å²) in [6, 6.07) is 5.76. The van der Waals surface area contributed by atoms with Crippen LogP contribution in [0.15, 0.2) is 18.3 Å². The highest BCUT2D eigenvalue weighted by atomic mass is 16.5. The Kier molecular flexibility index (Phi) is 6.24. The van der Waals surface area contributed by atoms with Crippen molar-refractivity contribution in [1.29, 1.82) is 5.26 Å². The topological polar surface area (TPSA) is 69.5 Å². The quantitative estimate of drug-likeness (QED) is 0.840. The second-order valence-corrected chi connectivity index (χ2v) is 6.78. The highest BCUT2D eigenvalue weighted by molar-refractivity contribution is 5.77. The van der Waals surface area contributed by atoms with Gasteiger partial charge in [0.2, 0.25) is 5.91 Å². The van der Waals surface area contributed by atoms with E-state index in [2.05, 4.69) is 16.0 Å². The third-order valence-corrected chi connectivity index (χ3v) is 5.05. The van der Waals surface area contributed by atoms with E-state index in [1.165, 1.54) is 19.3 Å². The third-order valence-electron chi connectivity index (χ3n) is 5.05. The SMILES string of the molecule is N#Cc1cccnc1N1CCCN(C(=O)COC2CCCCC2)CC1. The molecule has 0 atom stereocenters. The van der Waals surface area contributed by atoms with Crippen molar-refractivity contribution < 1.29 is 9.53 Å². The number of amides is 1. The van der Waals surface area contributed by atoms with Crippen LogP contribution < -0.4 is 4.90 Å². The van der Waals surface area contributed by atoms with E-state index in [4.69, 9.17) is 4.74 Å². The van der Waals surface area contributed by atoms with Crippen molar-refractivity contribution in [3.05, 3.63) is 23.9 Å². The van der Waals surface area contributed by atoms with Gasteiger partial charge in [0.1, 0.15) is 18.5 Å². The molecule has 2 heterocycles. The predicted molar refractivity (Wildman–Crippen MR) is 95.2 cm³/mol. The van der Waals surface area contributed by atoms with E-state index in [1.54, 1.807) is 18.3 Å². The zero-order valence-corrected chi connectivity index (χ0v) is 14.7. The molecule has 0 bridgehead atoms. The van der Waals surface area contributed by atoms with Crippen LogP contribution in [0.1, 0.15) is 44.1 Å². The van der Waals surface area contributed by atoms with Gasteiger partial charge in [0, 0.05) is 32.4 Å². The number of hydrogen-bond acceptors (Lipinski definition) is 5. The van der Waals surface area contributed by atoms with Gasteiger partial charge in [0.25, 0.3) is 0 Å². The summed E-state index contributed by atoms with van der Waals surface area (Å²) in [5.41, 5.74) is 0.586. The Hall–Kier alpha value is -2.13. The lowest BCUT2D eigenvalue weighted by atomic mass is 9.98. The molecule has 0 aromatic carbocycles. The molecule has 0 radical (unpaired) electrons. The second kappa shape index (κ2) is 8.82. The minimum absolute atomic E-state index is 0.0777. The maximum atomic E-state index is 12.5. The molecule has 1 saturated heterocycles. The molecule has 134 valence electrons. The van der Waals surface area contributed by atoms with Crippen LogP contribution in [0.25, 0.3) is 0 Å². The zero-order valence-electron chi connectivity index (χ0n) is 14.7. The summed E-state index contributed by atoms with van der Waals surface area (Å²) in [6.07, 6.45) is 8.71.